The second-order valence-electron chi connectivity index (χ2n) is 6.04. The monoisotopic (exact) mass is 298 g/mol. The van der Waals surface area contributed by atoms with Crippen LogP contribution < -0.4 is 10.6 Å². The Morgan fingerprint density at radius 3 is 2.38 bits per heavy atom. The van der Waals surface area contributed by atoms with Crippen molar-refractivity contribution in [3.8, 4) is 0 Å². The van der Waals surface area contributed by atoms with Crippen LogP contribution in [-0.2, 0) is 14.4 Å². The van der Waals surface area contributed by atoms with E-state index in [1.165, 1.54) is 0 Å². The van der Waals surface area contributed by atoms with Crippen molar-refractivity contribution in [3.05, 3.63) is 0 Å². The first-order valence-corrected chi connectivity index (χ1v) is 7.66. The average Bonchev–Trinajstić information content (AvgIpc) is 3.13. The highest BCUT2D eigenvalue weighted by molar-refractivity contribution is 5.82. The lowest BCUT2D eigenvalue weighted by atomic mass is 10.0. The van der Waals surface area contributed by atoms with E-state index in [1.54, 1.807) is 0 Å². The first-order chi connectivity index (χ1) is 9.90. The molecule has 3 N–H and O–H groups in total. The molecule has 1 fully saturated rings. The van der Waals surface area contributed by atoms with E-state index in [9.17, 15) is 14.4 Å². The second-order valence-corrected chi connectivity index (χ2v) is 6.04. The van der Waals surface area contributed by atoms with Crippen molar-refractivity contribution in [1.29, 1.82) is 0 Å². The molecule has 120 valence electrons. The number of carboxylic acid groups (broad SMARTS) is 1. The highest BCUT2D eigenvalue weighted by Crippen LogP contribution is 2.37. The van der Waals surface area contributed by atoms with Gasteiger partial charge in [-0.15, -0.1) is 0 Å². The van der Waals surface area contributed by atoms with E-state index < -0.39 is 5.97 Å². The van der Waals surface area contributed by atoms with Crippen LogP contribution in [0.2, 0.25) is 0 Å². The summed E-state index contributed by atoms with van der Waals surface area (Å²) in [6.07, 6.45) is 2.80. The summed E-state index contributed by atoms with van der Waals surface area (Å²) in [6, 6.07) is 0. The van der Waals surface area contributed by atoms with E-state index >= 15 is 0 Å². The zero-order valence-electron chi connectivity index (χ0n) is 12.9. The highest BCUT2D eigenvalue weighted by atomic mass is 16.4. The third-order valence-corrected chi connectivity index (χ3v) is 3.91. The number of rotatable bonds is 10. The minimum atomic E-state index is -0.786. The van der Waals surface area contributed by atoms with Crippen molar-refractivity contribution >= 4 is 17.8 Å². The van der Waals surface area contributed by atoms with Gasteiger partial charge in [-0.05, 0) is 31.1 Å². The minimum Gasteiger partial charge on any atom is -0.481 e. The summed E-state index contributed by atoms with van der Waals surface area (Å²) >= 11 is 0. The Bertz CT molecular complexity index is 384. The SMILES string of the molecule is CC(CCNC(=O)CCNC(=O)C1CC1C)CCC(=O)O. The molecule has 0 heterocycles. The predicted molar refractivity (Wildman–Crippen MR) is 78.6 cm³/mol. The van der Waals surface area contributed by atoms with Crippen molar-refractivity contribution in [2.75, 3.05) is 13.1 Å². The smallest absolute Gasteiger partial charge is 0.303 e. The van der Waals surface area contributed by atoms with Crippen molar-refractivity contribution in [3.63, 3.8) is 0 Å². The summed E-state index contributed by atoms with van der Waals surface area (Å²) in [6.45, 7) is 4.95. The molecule has 3 unspecified atom stereocenters. The largest absolute Gasteiger partial charge is 0.481 e. The Morgan fingerprint density at radius 2 is 1.81 bits per heavy atom. The molecule has 1 saturated carbocycles. The Balaban J connectivity index is 1.98. The summed E-state index contributed by atoms with van der Waals surface area (Å²) in [4.78, 5) is 33.5. The van der Waals surface area contributed by atoms with Gasteiger partial charge in [0.25, 0.3) is 0 Å². The Kier molecular flexibility index (Phi) is 7.19. The number of hydrogen-bond acceptors (Lipinski definition) is 3. The lowest BCUT2D eigenvalue weighted by Gasteiger charge is -2.11. The zero-order valence-corrected chi connectivity index (χ0v) is 12.9. The van der Waals surface area contributed by atoms with Crippen molar-refractivity contribution in [2.24, 2.45) is 17.8 Å². The third-order valence-electron chi connectivity index (χ3n) is 3.91. The number of aliphatic carboxylic acids is 1. The molecule has 1 aliphatic rings. The van der Waals surface area contributed by atoms with Crippen LogP contribution in [0, 0.1) is 17.8 Å². The molecule has 2 amide bonds. The summed E-state index contributed by atoms with van der Waals surface area (Å²) in [5.74, 6) is 0.0838. The quantitative estimate of drug-likeness (QED) is 0.564. The third kappa shape index (κ3) is 7.68. The molecule has 0 bridgehead atoms. The molecule has 21 heavy (non-hydrogen) atoms. The van der Waals surface area contributed by atoms with Gasteiger partial charge in [0, 0.05) is 31.8 Å². The minimum absolute atomic E-state index is 0.0533. The number of amides is 2. The molecule has 6 heteroatoms. The van der Waals surface area contributed by atoms with Crippen LogP contribution >= 0.6 is 0 Å². The van der Waals surface area contributed by atoms with Crippen LogP contribution in [-0.4, -0.2) is 36.0 Å². The van der Waals surface area contributed by atoms with E-state index in [2.05, 4.69) is 10.6 Å². The maximum atomic E-state index is 11.6. The fourth-order valence-electron chi connectivity index (χ4n) is 2.18. The summed E-state index contributed by atoms with van der Waals surface area (Å²) in [5.41, 5.74) is 0. The van der Waals surface area contributed by atoms with E-state index in [1.807, 2.05) is 13.8 Å². The molecule has 0 aromatic carbocycles. The number of hydrogen-bond donors (Lipinski definition) is 3. The maximum Gasteiger partial charge on any atom is 0.303 e. The van der Waals surface area contributed by atoms with Crippen LogP contribution in [0.1, 0.15) is 46.0 Å². The molecule has 1 rings (SSSR count). The number of carbonyl (C=O) groups excluding carboxylic acids is 2. The first kappa shape index (κ1) is 17.5. The van der Waals surface area contributed by atoms with E-state index in [-0.39, 0.29) is 36.5 Å². The van der Waals surface area contributed by atoms with Crippen molar-refractivity contribution in [1.82, 2.24) is 10.6 Å². The average molecular weight is 298 g/mol. The summed E-state index contributed by atoms with van der Waals surface area (Å²) in [5, 5.41) is 14.1. The van der Waals surface area contributed by atoms with Gasteiger partial charge in [-0.25, -0.2) is 0 Å². The van der Waals surface area contributed by atoms with Crippen LogP contribution in [0.25, 0.3) is 0 Å². The van der Waals surface area contributed by atoms with Crippen LogP contribution in [0.3, 0.4) is 0 Å². The Labute approximate surface area is 125 Å². The molecule has 1 aliphatic carbocycles. The first-order valence-electron chi connectivity index (χ1n) is 7.66. The van der Waals surface area contributed by atoms with Gasteiger partial charge in [0.2, 0.25) is 11.8 Å². The lowest BCUT2D eigenvalue weighted by molar-refractivity contribution is -0.137. The topological polar surface area (TPSA) is 95.5 Å². The molecule has 3 atom stereocenters. The molecule has 0 aliphatic heterocycles. The fraction of sp³-hybridized carbons (Fsp3) is 0.800. The molecule has 0 spiro atoms. The number of nitrogens with one attached hydrogen (secondary N) is 2. The molecule has 0 saturated heterocycles. The van der Waals surface area contributed by atoms with E-state index in [0.29, 0.717) is 25.4 Å². The van der Waals surface area contributed by atoms with Gasteiger partial charge in [0.15, 0.2) is 0 Å². The van der Waals surface area contributed by atoms with Gasteiger partial charge in [0.05, 0.1) is 0 Å². The predicted octanol–water partition coefficient (Wildman–Crippen LogP) is 1.16. The van der Waals surface area contributed by atoms with Gasteiger partial charge in [-0.1, -0.05) is 13.8 Å². The van der Waals surface area contributed by atoms with Gasteiger partial charge in [-0.2, -0.15) is 0 Å². The molecule has 6 nitrogen and oxygen atoms in total. The summed E-state index contributed by atoms with van der Waals surface area (Å²) in [7, 11) is 0. The van der Waals surface area contributed by atoms with Crippen LogP contribution in [0.15, 0.2) is 0 Å². The Morgan fingerprint density at radius 1 is 1.14 bits per heavy atom. The van der Waals surface area contributed by atoms with Crippen LogP contribution in [0.5, 0.6) is 0 Å². The van der Waals surface area contributed by atoms with E-state index in [4.69, 9.17) is 5.11 Å². The lowest BCUT2D eigenvalue weighted by Crippen LogP contribution is -2.32. The molecule has 0 aromatic heterocycles. The standard InChI is InChI=1S/C15H26N2O4/c1-10(3-4-14(19)20)5-7-16-13(18)6-8-17-15(21)12-9-11(12)2/h10-12H,3-9H2,1-2H3,(H,16,18)(H,17,21)(H,19,20). The van der Waals surface area contributed by atoms with Crippen molar-refractivity contribution in [2.45, 2.75) is 46.0 Å². The van der Waals surface area contributed by atoms with Gasteiger partial charge >= 0.3 is 5.97 Å². The van der Waals surface area contributed by atoms with Gasteiger partial charge in [0.1, 0.15) is 0 Å². The van der Waals surface area contributed by atoms with Gasteiger partial charge in [-0.3, -0.25) is 14.4 Å². The van der Waals surface area contributed by atoms with E-state index in [0.717, 1.165) is 12.8 Å². The zero-order chi connectivity index (χ0) is 15.8. The molecule has 0 radical (unpaired) electrons. The maximum absolute atomic E-state index is 11.6. The normalized spacial score (nSPS) is 21.4. The second kappa shape index (κ2) is 8.64. The number of carboxylic acids is 1. The van der Waals surface area contributed by atoms with Crippen LogP contribution in [0.4, 0.5) is 0 Å². The summed E-state index contributed by atoms with van der Waals surface area (Å²) < 4.78 is 0. The highest BCUT2D eigenvalue weighted by Gasteiger charge is 2.38. The molecule has 0 aromatic rings. The molecular formula is C15H26N2O4. The van der Waals surface area contributed by atoms with Gasteiger partial charge < -0.3 is 15.7 Å². The molecular weight excluding hydrogens is 272 g/mol. The number of carbonyl (C=O) groups is 3. The Hall–Kier alpha value is -1.59. The fourth-order valence-corrected chi connectivity index (χ4v) is 2.18. The van der Waals surface area contributed by atoms with Crippen molar-refractivity contribution < 1.29 is 19.5 Å².